The summed E-state index contributed by atoms with van der Waals surface area (Å²) in [4.78, 5) is 32.0. The number of aryl methyl sites for hydroxylation is 2. The van der Waals surface area contributed by atoms with Crippen LogP contribution in [-0.2, 0) is 11.8 Å². The molecule has 0 bridgehead atoms. The van der Waals surface area contributed by atoms with Crippen molar-refractivity contribution in [2.75, 3.05) is 19.6 Å². The number of fused-ring (bicyclic) bond motifs is 1. The van der Waals surface area contributed by atoms with Gasteiger partial charge in [-0.2, -0.15) is 5.10 Å². The Balaban J connectivity index is 1.51. The minimum absolute atomic E-state index is 0.136. The summed E-state index contributed by atoms with van der Waals surface area (Å²) < 4.78 is 1.72. The van der Waals surface area contributed by atoms with Crippen LogP contribution < -0.4 is 5.32 Å². The Labute approximate surface area is 182 Å². The van der Waals surface area contributed by atoms with Gasteiger partial charge in [-0.25, -0.2) is 4.98 Å². The van der Waals surface area contributed by atoms with Gasteiger partial charge in [-0.15, -0.1) is 0 Å². The highest BCUT2D eigenvalue weighted by Gasteiger charge is 2.20. The van der Waals surface area contributed by atoms with Crippen LogP contribution in [0.3, 0.4) is 0 Å². The van der Waals surface area contributed by atoms with Crippen LogP contribution in [0, 0.1) is 6.92 Å². The molecule has 0 radical (unpaired) electrons. The van der Waals surface area contributed by atoms with Crippen LogP contribution in [0.1, 0.15) is 48.2 Å². The van der Waals surface area contributed by atoms with E-state index in [2.05, 4.69) is 10.4 Å². The van der Waals surface area contributed by atoms with Crippen molar-refractivity contribution in [2.45, 2.75) is 39.0 Å². The highest BCUT2D eigenvalue weighted by Crippen LogP contribution is 2.26. The minimum atomic E-state index is -0.136. The summed E-state index contributed by atoms with van der Waals surface area (Å²) in [5.74, 6) is 0.0982. The Hall–Kier alpha value is -3.22. The van der Waals surface area contributed by atoms with E-state index in [0.29, 0.717) is 30.7 Å². The lowest BCUT2D eigenvalue weighted by molar-refractivity contribution is -0.130. The van der Waals surface area contributed by atoms with Gasteiger partial charge in [-0.3, -0.25) is 14.3 Å². The highest BCUT2D eigenvalue weighted by molar-refractivity contribution is 6.07. The Morgan fingerprint density at radius 3 is 2.77 bits per heavy atom. The van der Waals surface area contributed by atoms with Gasteiger partial charge in [0.15, 0.2) is 5.65 Å². The highest BCUT2D eigenvalue weighted by atomic mass is 16.2. The van der Waals surface area contributed by atoms with Crippen LogP contribution in [0.2, 0.25) is 0 Å². The largest absolute Gasteiger partial charge is 0.352 e. The first kappa shape index (κ1) is 21.0. The number of hydrogen-bond acceptors (Lipinski definition) is 4. The maximum atomic E-state index is 13.1. The second kappa shape index (κ2) is 9.29. The second-order valence-corrected chi connectivity index (χ2v) is 8.13. The number of nitrogens with one attached hydrogen (secondary N) is 1. The van der Waals surface area contributed by atoms with Gasteiger partial charge in [-0.1, -0.05) is 36.8 Å². The number of hydrogen-bond donors (Lipinski definition) is 1. The van der Waals surface area contributed by atoms with E-state index in [1.807, 2.05) is 55.3 Å². The van der Waals surface area contributed by atoms with Gasteiger partial charge in [0.05, 0.1) is 22.3 Å². The van der Waals surface area contributed by atoms with Gasteiger partial charge in [0.2, 0.25) is 5.91 Å². The zero-order valence-electron chi connectivity index (χ0n) is 18.2. The summed E-state index contributed by atoms with van der Waals surface area (Å²) in [6, 6.07) is 11.7. The van der Waals surface area contributed by atoms with Gasteiger partial charge in [0.25, 0.3) is 5.91 Å². The molecular formula is C24H29N5O2. The molecule has 3 heterocycles. The van der Waals surface area contributed by atoms with Crippen LogP contribution in [0.15, 0.2) is 36.4 Å². The molecule has 1 saturated heterocycles. The fourth-order valence-corrected chi connectivity index (χ4v) is 4.22. The van der Waals surface area contributed by atoms with E-state index < -0.39 is 0 Å². The first-order chi connectivity index (χ1) is 15.0. The minimum Gasteiger partial charge on any atom is -0.352 e. The fourth-order valence-electron chi connectivity index (χ4n) is 4.22. The van der Waals surface area contributed by atoms with Crippen molar-refractivity contribution < 1.29 is 9.59 Å². The smallest absolute Gasteiger partial charge is 0.252 e. The molecule has 7 heteroatoms. The molecular weight excluding hydrogens is 390 g/mol. The predicted octanol–water partition coefficient (Wildman–Crippen LogP) is 3.47. The third-order valence-electron chi connectivity index (χ3n) is 5.84. The lowest BCUT2D eigenvalue weighted by atomic mass is 10.0. The number of amides is 2. The number of pyridine rings is 1. The van der Waals surface area contributed by atoms with Gasteiger partial charge in [0, 0.05) is 38.7 Å². The molecule has 0 saturated carbocycles. The summed E-state index contributed by atoms with van der Waals surface area (Å²) in [6.07, 6.45) is 4.55. The lowest BCUT2D eigenvalue weighted by Gasteiger charge is -2.20. The summed E-state index contributed by atoms with van der Waals surface area (Å²) in [5, 5.41) is 8.29. The number of rotatable bonds is 6. The predicted molar refractivity (Wildman–Crippen MR) is 121 cm³/mol. The third-order valence-corrected chi connectivity index (χ3v) is 5.84. The average molecular weight is 420 g/mol. The molecule has 0 aliphatic carbocycles. The van der Waals surface area contributed by atoms with Crippen molar-refractivity contribution in [1.82, 2.24) is 25.0 Å². The molecule has 0 atom stereocenters. The monoisotopic (exact) mass is 419 g/mol. The van der Waals surface area contributed by atoms with Gasteiger partial charge in [-0.05, 0) is 32.3 Å². The number of carbonyl (C=O) groups excluding carboxylic acids is 2. The van der Waals surface area contributed by atoms with E-state index in [1.165, 1.54) is 0 Å². The molecule has 1 aromatic carbocycles. The van der Waals surface area contributed by atoms with E-state index >= 15 is 0 Å². The summed E-state index contributed by atoms with van der Waals surface area (Å²) >= 11 is 0. The first-order valence-corrected chi connectivity index (χ1v) is 11.0. The first-order valence-electron chi connectivity index (χ1n) is 11.0. The van der Waals surface area contributed by atoms with Crippen molar-refractivity contribution in [2.24, 2.45) is 7.05 Å². The topological polar surface area (TPSA) is 80.1 Å². The van der Waals surface area contributed by atoms with E-state index in [4.69, 9.17) is 4.98 Å². The van der Waals surface area contributed by atoms with Crippen molar-refractivity contribution in [3.63, 3.8) is 0 Å². The van der Waals surface area contributed by atoms with Gasteiger partial charge >= 0.3 is 0 Å². The Bertz CT molecular complexity index is 1090. The molecule has 1 fully saturated rings. The maximum absolute atomic E-state index is 13.1. The number of carbonyl (C=O) groups is 2. The van der Waals surface area contributed by atoms with Crippen LogP contribution in [0.5, 0.6) is 0 Å². The van der Waals surface area contributed by atoms with Crippen molar-refractivity contribution in [1.29, 1.82) is 0 Å². The number of aromatic nitrogens is 3. The molecule has 3 aromatic rings. The zero-order chi connectivity index (χ0) is 21.8. The molecule has 2 amide bonds. The number of benzene rings is 1. The number of likely N-dealkylation sites (tertiary alicyclic amines) is 1. The van der Waals surface area contributed by atoms with Crippen molar-refractivity contribution in [3.8, 4) is 11.3 Å². The fraction of sp³-hybridized carbons (Fsp3) is 0.417. The summed E-state index contributed by atoms with van der Waals surface area (Å²) in [5.41, 5.74) is 3.76. The SMILES string of the molecule is Cc1nn(C)c2nc(-c3ccccc3)cc(C(=O)NCCCN3CCCCCC3=O)c12. The normalized spacial score (nSPS) is 14.6. The molecule has 1 N–H and O–H groups in total. The molecule has 4 rings (SSSR count). The molecule has 0 spiro atoms. The molecule has 1 aliphatic rings. The standard InChI is InChI=1S/C24H29N5O2/c1-17-22-19(24(31)25-13-9-15-29-14-8-4-7-12-21(29)30)16-20(18-10-5-3-6-11-18)26-23(22)28(2)27-17/h3,5-6,10-11,16H,4,7-9,12-15H2,1-2H3,(H,25,31). The summed E-state index contributed by atoms with van der Waals surface area (Å²) in [6.45, 7) is 3.93. The van der Waals surface area contributed by atoms with Crippen molar-refractivity contribution >= 4 is 22.8 Å². The molecule has 162 valence electrons. The van der Waals surface area contributed by atoms with Crippen LogP contribution in [0.25, 0.3) is 22.3 Å². The summed E-state index contributed by atoms with van der Waals surface area (Å²) in [7, 11) is 1.84. The Kier molecular flexibility index (Phi) is 6.30. The zero-order valence-corrected chi connectivity index (χ0v) is 18.2. The van der Waals surface area contributed by atoms with Gasteiger partial charge in [0.1, 0.15) is 0 Å². The third kappa shape index (κ3) is 4.60. The molecule has 2 aromatic heterocycles. The average Bonchev–Trinajstić information content (AvgIpc) is 2.93. The van der Waals surface area contributed by atoms with Crippen LogP contribution >= 0.6 is 0 Å². The van der Waals surface area contributed by atoms with E-state index in [-0.39, 0.29) is 11.8 Å². The van der Waals surface area contributed by atoms with Crippen LogP contribution in [-0.4, -0.2) is 51.1 Å². The Morgan fingerprint density at radius 1 is 1.16 bits per heavy atom. The van der Waals surface area contributed by atoms with Crippen molar-refractivity contribution in [3.05, 3.63) is 47.7 Å². The second-order valence-electron chi connectivity index (χ2n) is 8.13. The van der Waals surface area contributed by atoms with E-state index in [9.17, 15) is 9.59 Å². The molecule has 31 heavy (non-hydrogen) atoms. The molecule has 7 nitrogen and oxygen atoms in total. The number of nitrogens with zero attached hydrogens (tertiary/aromatic N) is 4. The lowest BCUT2D eigenvalue weighted by Crippen LogP contribution is -2.34. The van der Waals surface area contributed by atoms with E-state index in [1.54, 1.807) is 4.68 Å². The quantitative estimate of drug-likeness (QED) is 0.621. The molecule has 1 aliphatic heterocycles. The van der Waals surface area contributed by atoms with E-state index in [0.717, 1.165) is 54.6 Å². The van der Waals surface area contributed by atoms with Crippen LogP contribution in [0.4, 0.5) is 0 Å². The maximum Gasteiger partial charge on any atom is 0.252 e. The molecule has 0 unspecified atom stereocenters. The Morgan fingerprint density at radius 2 is 1.97 bits per heavy atom. The van der Waals surface area contributed by atoms with Gasteiger partial charge < -0.3 is 10.2 Å².